The summed E-state index contributed by atoms with van der Waals surface area (Å²) in [6, 6.07) is 8.84. The van der Waals surface area contributed by atoms with Gasteiger partial charge in [-0.25, -0.2) is 4.79 Å². The van der Waals surface area contributed by atoms with Gasteiger partial charge in [-0.15, -0.1) is 0 Å². The number of nitrogens with zero attached hydrogens (tertiary/aromatic N) is 2. The first kappa shape index (κ1) is 11.3. The van der Waals surface area contributed by atoms with E-state index in [1.54, 1.807) is 12.4 Å². The number of rotatable bonds is 4. The molecule has 17 heavy (non-hydrogen) atoms. The number of nitrogens with two attached hydrogens (primary N) is 1. The lowest BCUT2D eigenvalue weighted by molar-refractivity contribution is -0.140. The van der Waals surface area contributed by atoms with Crippen molar-refractivity contribution >= 4 is 5.97 Å². The summed E-state index contributed by atoms with van der Waals surface area (Å²) in [6.45, 7) is 0.0191. The van der Waals surface area contributed by atoms with Gasteiger partial charge in [0.1, 0.15) is 0 Å². The Kier molecular flexibility index (Phi) is 3.20. The number of aromatic nitrogens is 2. The molecule has 0 saturated carbocycles. The Labute approximate surface area is 98.5 Å². The number of benzene rings is 1. The highest BCUT2D eigenvalue weighted by atomic mass is 16.4. The number of carboxylic acid groups (broad SMARTS) is 1. The van der Waals surface area contributed by atoms with Crippen molar-refractivity contribution in [3.63, 3.8) is 0 Å². The van der Waals surface area contributed by atoms with Gasteiger partial charge >= 0.3 is 5.97 Å². The lowest BCUT2D eigenvalue weighted by Crippen LogP contribution is -2.27. The van der Waals surface area contributed by atoms with Crippen molar-refractivity contribution in [2.24, 2.45) is 5.73 Å². The first-order chi connectivity index (χ1) is 8.22. The van der Waals surface area contributed by atoms with Crippen molar-refractivity contribution in [2.45, 2.75) is 6.04 Å². The van der Waals surface area contributed by atoms with Crippen molar-refractivity contribution in [1.82, 2.24) is 9.78 Å². The summed E-state index contributed by atoms with van der Waals surface area (Å²) in [6.07, 6.45) is 3.34. The fraction of sp³-hybridized carbons (Fsp3) is 0.167. The van der Waals surface area contributed by atoms with Gasteiger partial charge < -0.3 is 10.8 Å². The van der Waals surface area contributed by atoms with E-state index >= 15 is 0 Å². The predicted octanol–water partition coefficient (Wildman–Crippen LogP) is 1.13. The highest BCUT2D eigenvalue weighted by molar-refractivity contribution is 5.72. The molecular weight excluding hydrogens is 218 g/mol. The van der Waals surface area contributed by atoms with Crippen LogP contribution in [0.15, 0.2) is 42.7 Å². The van der Waals surface area contributed by atoms with Gasteiger partial charge in [-0.3, -0.25) is 4.68 Å². The molecular formula is C12H13N3O2. The number of aliphatic carboxylic acids is 1. The van der Waals surface area contributed by atoms with Gasteiger partial charge in [0, 0.05) is 18.3 Å². The standard InChI is InChI=1S/C12H13N3O2/c13-6-11(12(16)17)15-8-10(7-14-15)9-4-2-1-3-5-9/h1-5,7-8,11H,6,13H2,(H,16,17). The monoisotopic (exact) mass is 231 g/mol. The van der Waals surface area contributed by atoms with Gasteiger partial charge in [-0.1, -0.05) is 30.3 Å². The summed E-state index contributed by atoms with van der Waals surface area (Å²) in [7, 11) is 0. The third kappa shape index (κ3) is 2.34. The van der Waals surface area contributed by atoms with Crippen LogP contribution in [0.2, 0.25) is 0 Å². The van der Waals surface area contributed by atoms with Gasteiger partial charge in [-0.2, -0.15) is 5.10 Å². The summed E-state index contributed by atoms with van der Waals surface area (Å²) in [5, 5.41) is 13.0. The molecule has 0 aliphatic rings. The van der Waals surface area contributed by atoms with Crippen LogP contribution in [0.4, 0.5) is 0 Å². The molecule has 2 aromatic rings. The van der Waals surface area contributed by atoms with E-state index in [9.17, 15) is 4.79 Å². The van der Waals surface area contributed by atoms with E-state index in [1.807, 2.05) is 30.3 Å². The number of carboxylic acids is 1. The zero-order valence-corrected chi connectivity index (χ0v) is 9.15. The largest absolute Gasteiger partial charge is 0.480 e. The molecule has 2 rings (SSSR count). The quantitative estimate of drug-likeness (QED) is 0.826. The Bertz CT molecular complexity index is 507. The van der Waals surface area contributed by atoms with E-state index in [1.165, 1.54) is 4.68 Å². The Morgan fingerprint density at radius 2 is 2.06 bits per heavy atom. The summed E-state index contributed by atoms with van der Waals surface area (Å²) in [5.74, 6) is -0.977. The van der Waals surface area contributed by atoms with E-state index in [2.05, 4.69) is 5.10 Å². The third-order valence-corrected chi connectivity index (χ3v) is 2.54. The highest BCUT2D eigenvalue weighted by Crippen LogP contribution is 2.19. The molecule has 0 bridgehead atoms. The average Bonchev–Trinajstić information content (AvgIpc) is 2.80. The van der Waals surface area contributed by atoms with Gasteiger partial charge in [0.2, 0.25) is 0 Å². The van der Waals surface area contributed by atoms with Crippen LogP contribution in [-0.4, -0.2) is 27.4 Å². The molecule has 1 atom stereocenters. The molecule has 0 saturated heterocycles. The van der Waals surface area contributed by atoms with Crippen molar-refractivity contribution in [3.8, 4) is 11.1 Å². The molecule has 1 aromatic heterocycles. The van der Waals surface area contributed by atoms with E-state index in [0.717, 1.165) is 11.1 Å². The zero-order valence-electron chi connectivity index (χ0n) is 9.15. The predicted molar refractivity (Wildman–Crippen MR) is 63.4 cm³/mol. The Morgan fingerprint density at radius 1 is 1.35 bits per heavy atom. The maximum atomic E-state index is 10.9. The number of hydrogen-bond acceptors (Lipinski definition) is 3. The smallest absolute Gasteiger partial charge is 0.329 e. The van der Waals surface area contributed by atoms with Crippen molar-refractivity contribution < 1.29 is 9.90 Å². The lowest BCUT2D eigenvalue weighted by atomic mass is 10.1. The number of carbonyl (C=O) groups is 1. The van der Waals surface area contributed by atoms with Crippen LogP contribution in [0.1, 0.15) is 6.04 Å². The van der Waals surface area contributed by atoms with Crippen LogP contribution in [0.5, 0.6) is 0 Å². The molecule has 0 spiro atoms. The van der Waals surface area contributed by atoms with Gasteiger partial charge in [0.05, 0.1) is 6.20 Å². The molecule has 1 heterocycles. The van der Waals surface area contributed by atoms with Crippen molar-refractivity contribution in [1.29, 1.82) is 0 Å². The molecule has 0 amide bonds. The summed E-state index contributed by atoms with van der Waals surface area (Å²) >= 11 is 0. The molecule has 5 heteroatoms. The molecule has 5 nitrogen and oxygen atoms in total. The van der Waals surface area contributed by atoms with Crippen LogP contribution in [0.3, 0.4) is 0 Å². The van der Waals surface area contributed by atoms with E-state index in [4.69, 9.17) is 10.8 Å². The lowest BCUT2D eigenvalue weighted by Gasteiger charge is -2.09. The first-order valence-corrected chi connectivity index (χ1v) is 5.25. The second-order valence-corrected chi connectivity index (χ2v) is 3.66. The second-order valence-electron chi connectivity index (χ2n) is 3.66. The molecule has 3 N–H and O–H groups in total. The summed E-state index contributed by atoms with van der Waals surface area (Å²) in [5.41, 5.74) is 7.29. The topological polar surface area (TPSA) is 81.1 Å². The molecule has 0 fully saturated rings. The van der Waals surface area contributed by atoms with Crippen LogP contribution < -0.4 is 5.73 Å². The fourth-order valence-corrected chi connectivity index (χ4v) is 1.61. The van der Waals surface area contributed by atoms with Gasteiger partial charge in [0.25, 0.3) is 0 Å². The van der Waals surface area contributed by atoms with E-state index in [0.29, 0.717) is 0 Å². The van der Waals surface area contributed by atoms with E-state index < -0.39 is 12.0 Å². The molecule has 0 aliphatic carbocycles. The zero-order chi connectivity index (χ0) is 12.3. The van der Waals surface area contributed by atoms with Crippen LogP contribution >= 0.6 is 0 Å². The van der Waals surface area contributed by atoms with Crippen LogP contribution in [-0.2, 0) is 4.79 Å². The third-order valence-electron chi connectivity index (χ3n) is 2.54. The minimum atomic E-state index is -0.977. The molecule has 88 valence electrons. The average molecular weight is 231 g/mol. The van der Waals surface area contributed by atoms with Crippen LogP contribution in [0.25, 0.3) is 11.1 Å². The van der Waals surface area contributed by atoms with Crippen LogP contribution in [0, 0.1) is 0 Å². The molecule has 0 aliphatic heterocycles. The second kappa shape index (κ2) is 4.80. The Hall–Kier alpha value is -2.14. The van der Waals surface area contributed by atoms with Gasteiger partial charge in [-0.05, 0) is 5.56 Å². The normalized spacial score (nSPS) is 12.3. The summed E-state index contributed by atoms with van der Waals surface area (Å²) < 4.78 is 1.38. The highest BCUT2D eigenvalue weighted by Gasteiger charge is 2.18. The fourth-order valence-electron chi connectivity index (χ4n) is 1.61. The van der Waals surface area contributed by atoms with E-state index in [-0.39, 0.29) is 6.54 Å². The first-order valence-electron chi connectivity index (χ1n) is 5.25. The molecule has 1 unspecified atom stereocenters. The van der Waals surface area contributed by atoms with Crippen molar-refractivity contribution in [3.05, 3.63) is 42.7 Å². The molecule has 1 aromatic carbocycles. The summed E-state index contributed by atoms with van der Waals surface area (Å²) in [4.78, 5) is 10.9. The maximum absolute atomic E-state index is 10.9. The Balaban J connectivity index is 2.30. The minimum Gasteiger partial charge on any atom is -0.480 e. The molecule has 0 radical (unpaired) electrons. The van der Waals surface area contributed by atoms with Gasteiger partial charge in [0.15, 0.2) is 6.04 Å². The number of hydrogen-bond donors (Lipinski definition) is 2. The SMILES string of the molecule is NCC(C(=O)O)n1cc(-c2ccccc2)cn1. The van der Waals surface area contributed by atoms with Crippen molar-refractivity contribution in [2.75, 3.05) is 6.54 Å². The minimum absolute atomic E-state index is 0.0191. The Morgan fingerprint density at radius 3 is 2.65 bits per heavy atom. The maximum Gasteiger partial charge on any atom is 0.329 e.